The van der Waals surface area contributed by atoms with Crippen LogP contribution in [0.1, 0.15) is 43.9 Å². The first-order valence-corrected chi connectivity index (χ1v) is 7.27. The van der Waals surface area contributed by atoms with Crippen molar-refractivity contribution >= 4 is 23.0 Å². The topological polar surface area (TPSA) is 38.0 Å². The normalized spacial score (nSPS) is 12.4. The van der Waals surface area contributed by atoms with Gasteiger partial charge in [-0.1, -0.05) is 49.7 Å². The lowest BCUT2D eigenvalue weighted by Gasteiger charge is -2.18. The van der Waals surface area contributed by atoms with E-state index in [1.54, 1.807) is 0 Å². The minimum atomic E-state index is 0.107. The average molecular weight is 289 g/mol. The lowest BCUT2D eigenvalue weighted by molar-refractivity contribution is 0.863. The van der Waals surface area contributed by atoms with Gasteiger partial charge in [0.2, 0.25) is 0 Å². The summed E-state index contributed by atoms with van der Waals surface area (Å²) >= 11 is 6.26. The molecule has 20 heavy (non-hydrogen) atoms. The van der Waals surface area contributed by atoms with Crippen molar-refractivity contribution < 1.29 is 0 Å². The van der Waals surface area contributed by atoms with Gasteiger partial charge in [0.15, 0.2) is 0 Å². The Kier molecular flexibility index (Phi) is 4.56. The Bertz CT molecular complexity index is 576. The van der Waals surface area contributed by atoms with Crippen LogP contribution in [0.5, 0.6) is 0 Å². The summed E-state index contributed by atoms with van der Waals surface area (Å²) in [5, 5.41) is 4.08. The van der Waals surface area contributed by atoms with Crippen LogP contribution in [0, 0.1) is 0 Å². The number of anilines is 2. The van der Waals surface area contributed by atoms with Crippen molar-refractivity contribution in [3.63, 3.8) is 0 Å². The molecule has 0 heterocycles. The SMILES string of the molecule is CC(C)c1ccc(N[C@H](C)c2cccc(N)c2Cl)cc1. The zero-order valence-corrected chi connectivity index (χ0v) is 12.9. The summed E-state index contributed by atoms with van der Waals surface area (Å²) in [6.07, 6.45) is 0. The average Bonchev–Trinajstić information content (AvgIpc) is 2.42. The molecule has 3 N–H and O–H groups in total. The lowest BCUT2D eigenvalue weighted by Crippen LogP contribution is -2.08. The van der Waals surface area contributed by atoms with Crippen LogP contribution in [-0.2, 0) is 0 Å². The maximum absolute atomic E-state index is 6.26. The minimum Gasteiger partial charge on any atom is -0.398 e. The lowest BCUT2D eigenvalue weighted by atomic mass is 10.0. The van der Waals surface area contributed by atoms with Crippen molar-refractivity contribution in [1.29, 1.82) is 0 Å². The van der Waals surface area contributed by atoms with Crippen LogP contribution in [0.15, 0.2) is 42.5 Å². The fraction of sp³-hybridized carbons (Fsp3) is 0.294. The van der Waals surface area contributed by atoms with Gasteiger partial charge in [0.1, 0.15) is 0 Å². The van der Waals surface area contributed by atoms with Gasteiger partial charge in [-0.2, -0.15) is 0 Å². The van der Waals surface area contributed by atoms with Gasteiger partial charge < -0.3 is 11.1 Å². The monoisotopic (exact) mass is 288 g/mol. The summed E-state index contributed by atoms with van der Waals surface area (Å²) in [6, 6.07) is 14.4. The highest BCUT2D eigenvalue weighted by Gasteiger charge is 2.11. The molecule has 0 aliphatic carbocycles. The molecule has 0 aliphatic rings. The zero-order chi connectivity index (χ0) is 14.7. The second-order valence-corrected chi connectivity index (χ2v) is 5.77. The molecule has 2 aromatic rings. The summed E-state index contributed by atoms with van der Waals surface area (Å²) < 4.78 is 0. The predicted octanol–water partition coefficient (Wildman–Crippen LogP) is 5.22. The van der Waals surface area contributed by atoms with E-state index in [1.165, 1.54) is 5.56 Å². The maximum atomic E-state index is 6.26. The third-order valence-electron chi connectivity index (χ3n) is 3.49. The van der Waals surface area contributed by atoms with Crippen LogP contribution in [0.25, 0.3) is 0 Å². The Morgan fingerprint density at radius 3 is 2.25 bits per heavy atom. The number of nitrogens with two attached hydrogens (primary N) is 1. The van der Waals surface area contributed by atoms with E-state index >= 15 is 0 Å². The molecule has 1 atom stereocenters. The molecule has 0 aliphatic heterocycles. The molecular formula is C17H21ClN2. The summed E-state index contributed by atoms with van der Waals surface area (Å²) in [6.45, 7) is 6.46. The van der Waals surface area contributed by atoms with Gasteiger partial charge in [-0.25, -0.2) is 0 Å². The van der Waals surface area contributed by atoms with Crippen molar-refractivity contribution in [2.45, 2.75) is 32.7 Å². The number of hydrogen-bond donors (Lipinski definition) is 2. The summed E-state index contributed by atoms with van der Waals surface area (Å²) in [5.41, 5.74) is 9.90. The fourth-order valence-corrected chi connectivity index (χ4v) is 2.48. The molecule has 0 radical (unpaired) electrons. The maximum Gasteiger partial charge on any atom is 0.0687 e. The number of halogens is 1. The summed E-state index contributed by atoms with van der Waals surface area (Å²) in [4.78, 5) is 0. The molecule has 0 unspecified atom stereocenters. The minimum absolute atomic E-state index is 0.107. The quantitative estimate of drug-likeness (QED) is 0.757. The third kappa shape index (κ3) is 3.26. The van der Waals surface area contributed by atoms with E-state index < -0.39 is 0 Å². The van der Waals surface area contributed by atoms with Crippen molar-refractivity contribution in [1.82, 2.24) is 0 Å². The van der Waals surface area contributed by atoms with Crippen molar-refractivity contribution in [3.05, 3.63) is 58.6 Å². The second kappa shape index (κ2) is 6.19. The van der Waals surface area contributed by atoms with Gasteiger partial charge in [0.25, 0.3) is 0 Å². The Hall–Kier alpha value is -1.67. The number of nitrogens with one attached hydrogen (secondary N) is 1. The molecule has 2 rings (SSSR count). The first-order valence-electron chi connectivity index (χ1n) is 6.89. The largest absolute Gasteiger partial charge is 0.398 e. The molecule has 3 heteroatoms. The highest BCUT2D eigenvalue weighted by atomic mass is 35.5. The Labute approximate surface area is 126 Å². The molecule has 0 saturated heterocycles. The number of rotatable bonds is 4. The standard InChI is InChI=1S/C17H21ClN2/c1-11(2)13-7-9-14(10-8-13)20-12(3)15-5-4-6-16(19)17(15)18/h4-12,20H,19H2,1-3H3/t12-/m1/s1. The first-order chi connectivity index (χ1) is 9.49. The zero-order valence-electron chi connectivity index (χ0n) is 12.2. The van der Waals surface area contributed by atoms with Crippen molar-refractivity contribution in [3.8, 4) is 0 Å². The van der Waals surface area contributed by atoms with E-state index in [-0.39, 0.29) is 6.04 Å². The van der Waals surface area contributed by atoms with Crippen LogP contribution in [0.2, 0.25) is 5.02 Å². The molecule has 0 aromatic heterocycles. The van der Waals surface area contributed by atoms with Gasteiger partial charge >= 0.3 is 0 Å². The van der Waals surface area contributed by atoms with Gasteiger partial charge in [-0.3, -0.25) is 0 Å². The third-order valence-corrected chi connectivity index (χ3v) is 3.92. The van der Waals surface area contributed by atoms with Crippen LogP contribution < -0.4 is 11.1 Å². The van der Waals surface area contributed by atoms with Crippen LogP contribution in [0.4, 0.5) is 11.4 Å². The van der Waals surface area contributed by atoms with E-state index in [1.807, 2.05) is 18.2 Å². The highest BCUT2D eigenvalue weighted by molar-refractivity contribution is 6.33. The van der Waals surface area contributed by atoms with Gasteiger partial charge in [-0.05, 0) is 42.2 Å². The molecular weight excluding hydrogens is 268 g/mol. The number of nitrogen functional groups attached to an aromatic ring is 1. The van der Waals surface area contributed by atoms with E-state index in [9.17, 15) is 0 Å². The molecule has 2 aromatic carbocycles. The predicted molar refractivity (Wildman–Crippen MR) is 88.4 cm³/mol. The summed E-state index contributed by atoms with van der Waals surface area (Å²) in [7, 11) is 0. The molecule has 106 valence electrons. The molecule has 0 fully saturated rings. The van der Waals surface area contributed by atoms with Crippen LogP contribution in [0.3, 0.4) is 0 Å². The second-order valence-electron chi connectivity index (χ2n) is 5.39. The first kappa shape index (κ1) is 14.7. The molecule has 0 amide bonds. The fourth-order valence-electron chi connectivity index (χ4n) is 2.19. The molecule has 2 nitrogen and oxygen atoms in total. The number of benzene rings is 2. The number of hydrogen-bond acceptors (Lipinski definition) is 2. The van der Waals surface area contributed by atoms with E-state index in [0.717, 1.165) is 11.3 Å². The van der Waals surface area contributed by atoms with Crippen LogP contribution in [-0.4, -0.2) is 0 Å². The van der Waals surface area contributed by atoms with Gasteiger partial charge in [0, 0.05) is 5.69 Å². The van der Waals surface area contributed by atoms with Crippen LogP contribution >= 0.6 is 11.6 Å². The summed E-state index contributed by atoms with van der Waals surface area (Å²) in [5.74, 6) is 0.546. The smallest absolute Gasteiger partial charge is 0.0687 e. The van der Waals surface area contributed by atoms with Crippen molar-refractivity contribution in [2.75, 3.05) is 11.1 Å². The Morgan fingerprint density at radius 1 is 1.00 bits per heavy atom. The molecule has 0 spiro atoms. The molecule has 0 saturated carbocycles. The van der Waals surface area contributed by atoms with Gasteiger partial charge in [0.05, 0.1) is 16.8 Å². The molecule has 0 bridgehead atoms. The highest BCUT2D eigenvalue weighted by Crippen LogP contribution is 2.30. The van der Waals surface area contributed by atoms with E-state index in [4.69, 9.17) is 17.3 Å². The van der Waals surface area contributed by atoms with E-state index in [2.05, 4.69) is 50.4 Å². The van der Waals surface area contributed by atoms with Crippen molar-refractivity contribution in [2.24, 2.45) is 0 Å². The Balaban J connectivity index is 2.15. The Morgan fingerprint density at radius 2 is 1.65 bits per heavy atom. The van der Waals surface area contributed by atoms with E-state index in [0.29, 0.717) is 16.6 Å². The van der Waals surface area contributed by atoms with Gasteiger partial charge in [-0.15, -0.1) is 0 Å².